The number of anilines is 1. The van der Waals surface area contributed by atoms with Crippen LogP contribution in [0.15, 0.2) is 18.2 Å². The zero-order valence-corrected chi connectivity index (χ0v) is 9.69. The molecule has 0 radical (unpaired) electrons. The van der Waals surface area contributed by atoms with E-state index < -0.39 is 17.8 Å². The number of amides is 1. The Balaban J connectivity index is 2.43. The van der Waals surface area contributed by atoms with Crippen LogP contribution in [0, 0.1) is 17.1 Å². The highest BCUT2D eigenvalue weighted by Gasteiger charge is 2.29. The Labute approximate surface area is 104 Å². The minimum absolute atomic E-state index is 0.0503. The van der Waals surface area contributed by atoms with Gasteiger partial charge in [0.15, 0.2) is 0 Å². The molecule has 1 aromatic carbocycles. The molecule has 1 heterocycles. The van der Waals surface area contributed by atoms with Crippen molar-refractivity contribution in [3.05, 3.63) is 29.6 Å². The fourth-order valence-corrected chi connectivity index (χ4v) is 2.11. The second-order valence-electron chi connectivity index (χ2n) is 4.06. The van der Waals surface area contributed by atoms with Gasteiger partial charge in [-0.15, -0.1) is 0 Å². The Kier molecular flexibility index (Phi) is 3.44. The summed E-state index contributed by atoms with van der Waals surface area (Å²) < 4.78 is 13.6. The first-order chi connectivity index (χ1) is 8.65. The van der Waals surface area contributed by atoms with E-state index in [4.69, 9.17) is 11.0 Å². The number of benzene rings is 1. The second kappa shape index (κ2) is 5.02. The van der Waals surface area contributed by atoms with Crippen molar-refractivity contribution in [2.24, 2.45) is 5.73 Å². The van der Waals surface area contributed by atoms with Crippen LogP contribution < -0.4 is 16.0 Å². The SMILES string of the molecule is N#Cc1c(F)cccc1N1CCNCC1C(N)=O. The fourth-order valence-electron chi connectivity index (χ4n) is 2.11. The summed E-state index contributed by atoms with van der Waals surface area (Å²) in [6, 6.07) is 5.64. The van der Waals surface area contributed by atoms with Crippen LogP contribution in [0.1, 0.15) is 5.56 Å². The van der Waals surface area contributed by atoms with E-state index in [1.165, 1.54) is 12.1 Å². The molecule has 1 aliphatic heterocycles. The van der Waals surface area contributed by atoms with Crippen LogP contribution in [0.3, 0.4) is 0 Å². The van der Waals surface area contributed by atoms with E-state index in [-0.39, 0.29) is 5.56 Å². The number of nitrogens with zero attached hydrogens (tertiary/aromatic N) is 2. The fraction of sp³-hybridized carbons (Fsp3) is 0.333. The molecule has 18 heavy (non-hydrogen) atoms. The van der Waals surface area contributed by atoms with E-state index in [2.05, 4.69) is 5.32 Å². The first-order valence-corrected chi connectivity index (χ1v) is 5.60. The normalized spacial score (nSPS) is 19.3. The van der Waals surface area contributed by atoms with Gasteiger partial charge in [0.05, 0.1) is 5.69 Å². The number of nitrogens with one attached hydrogen (secondary N) is 1. The summed E-state index contributed by atoms with van der Waals surface area (Å²) in [6.45, 7) is 1.56. The van der Waals surface area contributed by atoms with Crippen LogP contribution in [0.5, 0.6) is 0 Å². The molecule has 0 spiro atoms. The molecule has 1 fully saturated rings. The number of carbonyl (C=O) groups is 1. The summed E-state index contributed by atoms with van der Waals surface area (Å²) >= 11 is 0. The van der Waals surface area contributed by atoms with Crippen LogP contribution >= 0.6 is 0 Å². The molecule has 2 rings (SSSR count). The number of nitrogens with two attached hydrogens (primary N) is 1. The maximum atomic E-state index is 13.6. The summed E-state index contributed by atoms with van der Waals surface area (Å²) in [7, 11) is 0. The largest absolute Gasteiger partial charge is 0.368 e. The van der Waals surface area contributed by atoms with Crippen molar-refractivity contribution in [1.29, 1.82) is 5.26 Å². The number of halogens is 1. The molecule has 0 aromatic heterocycles. The lowest BCUT2D eigenvalue weighted by Crippen LogP contribution is -2.57. The Morgan fingerprint density at radius 1 is 1.61 bits per heavy atom. The Bertz CT molecular complexity index is 511. The lowest BCUT2D eigenvalue weighted by atomic mass is 10.1. The Morgan fingerprint density at radius 2 is 2.39 bits per heavy atom. The van der Waals surface area contributed by atoms with E-state index in [0.29, 0.717) is 25.3 Å². The van der Waals surface area contributed by atoms with Gasteiger partial charge in [-0.2, -0.15) is 5.26 Å². The van der Waals surface area contributed by atoms with Crippen molar-refractivity contribution in [2.45, 2.75) is 6.04 Å². The highest BCUT2D eigenvalue weighted by Crippen LogP contribution is 2.25. The first kappa shape index (κ1) is 12.3. The molecule has 1 atom stereocenters. The van der Waals surface area contributed by atoms with Gasteiger partial charge >= 0.3 is 0 Å². The van der Waals surface area contributed by atoms with Crippen LogP contribution in [-0.4, -0.2) is 31.6 Å². The predicted octanol–water partition coefficient (Wildman–Crippen LogP) is -0.0391. The molecule has 0 saturated carbocycles. The summed E-state index contributed by atoms with van der Waals surface area (Å²) in [6.07, 6.45) is 0. The molecule has 1 aromatic rings. The molecule has 1 unspecified atom stereocenters. The molecular formula is C12H13FN4O. The lowest BCUT2D eigenvalue weighted by molar-refractivity contribution is -0.119. The Morgan fingerprint density at radius 3 is 3.06 bits per heavy atom. The van der Waals surface area contributed by atoms with E-state index >= 15 is 0 Å². The first-order valence-electron chi connectivity index (χ1n) is 5.60. The lowest BCUT2D eigenvalue weighted by Gasteiger charge is -2.36. The smallest absolute Gasteiger partial charge is 0.241 e. The topological polar surface area (TPSA) is 82.2 Å². The van der Waals surface area contributed by atoms with Crippen LogP contribution in [0.2, 0.25) is 0 Å². The van der Waals surface area contributed by atoms with Crippen molar-refractivity contribution in [3.8, 4) is 6.07 Å². The van der Waals surface area contributed by atoms with Crippen molar-refractivity contribution in [2.75, 3.05) is 24.5 Å². The summed E-state index contributed by atoms with van der Waals surface area (Å²) in [5, 5.41) is 12.1. The van der Waals surface area contributed by atoms with E-state index in [1.807, 2.05) is 6.07 Å². The molecule has 1 amide bonds. The minimum atomic E-state index is -0.586. The summed E-state index contributed by atoms with van der Waals surface area (Å²) in [5.41, 5.74) is 5.70. The molecule has 1 aliphatic rings. The average molecular weight is 248 g/mol. The highest BCUT2D eigenvalue weighted by molar-refractivity contribution is 5.85. The van der Waals surface area contributed by atoms with Crippen LogP contribution in [-0.2, 0) is 4.79 Å². The van der Waals surface area contributed by atoms with Gasteiger partial charge in [-0.1, -0.05) is 6.07 Å². The van der Waals surface area contributed by atoms with Crippen LogP contribution in [0.25, 0.3) is 0 Å². The molecule has 5 nitrogen and oxygen atoms in total. The van der Waals surface area contributed by atoms with Crippen molar-refractivity contribution in [1.82, 2.24) is 5.32 Å². The average Bonchev–Trinajstić information content (AvgIpc) is 2.38. The van der Waals surface area contributed by atoms with E-state index in [0.717, 1.165) is 0 Å². The number of primary amides is 1. The Hall–Kier alpha value is -2.13. The monoisotopic (exact) mass is 248 g/mol. The number of carbonyl (C=O) groups excluding carboxylic acids is 1. The molecule has 0 aliphatic carbocycles. The third-order valence-electron chi connectivity index (χ3n) is 2.98. The molecule has 94 valence electrons. The van der Waals surface area contributed by atoms with Gasteiger partial charge in [-0.05, 0) is 12.1 Å². The zero-order chi connectivity index (χ0) is 13.1. The van der Waals surface area contributed by atoms with Gasteiger partial charge in [-0.3, -0.25) is 4.79 Å². The van der Waals surface area contributed by atoms with E-state index in [9.17, 15) is 9.18 Å². The third-order valence-corrected chi connectivity index (χ3v) is 2.98. The quantitative estimate of drug-likeness (QED) is 0.769. The molecule has 0 bridgehead atoms. The summed E-state index contributed by atoms with van der Waals surface area (Å²) in [4.78, 5) is 13.1. The van der Waals surface area contributed by atoms with Gasteiger partial charge in [0.25, 0.3) is 0 Å². The van der Waals surface area contributed by atoms with Gasteiger partial charge in [0.2, 0.25) is 5.91 Å². The number of hydrogen-bond donors (Lipinski definition) is 2. The highest BCUT2D eigenvalue weighted by atomic mass is 19.1. The van der Waals surface area contributed by atoms with Gasteiger partial charge < -0.3 is 16.0 Å². The zero-order valence-electron chi connectivity index (χ0n) is 9.69. The number of hydrogen-bond acceptors (Lipinski definition) is 4. The van der Waals surface area contributed by atoms with Crippen molar-refractivity contribution in [3.63, 3.8) is 0 Å². The third kappa shape index (κ3) is 2.13. The van der Waals surface area contributed by atoms with Crippen molar-refractivity contribution >= 4 is 11.6 Å². The van der Waals surface area contributed by atoms with Crippen molar-refractivity contribution < 1.29 is 9.18 Å². The molecule has 6 heteroatoms. The van der Waals surface area contributed by atoms with Gasteiger partial charge in [0.1, 0.15) is 23.5 Å². The van der Waals surface area contributed by atoms with Gasteiger partial charge in [-0.25, -0.2) is 4.39 Å². The number of piperazine rings is 1. The second-order valence-corrected chi connectivity index (χ2v) is 4.06. The number of nitriles is 1. The number of rotatable bonds is 2. The maximum Gasteiger partial charge on any atom is 0.241 e. The van der Waals surface area contributed by atoms with Gasteiger partial charge in [0, 0.05) is 19.6 Å². The predicted molar refractivity (Wildman–Crippen MR) is 64.3 cm³/mol. The van der Waals surface area contributed by atoms with E-state index in [1.54, 1.807) is 11.0 Å². The molecule has 1 saturated heterocycles. The minimum Gasteiger partial charge on any atom is -0.368 e. The summed E-state index contributed by atoms with van der Waals surface area (Å²) in [5.74, 6) is -1.08. The maximum absolute atomic E-state index is 13.6. The van der Waals surface area contributed by atoms with Crippen LogP contribution in [0.4, 0.5) is 10.1 Å². The standard InChI is InChI=1S/C12H13FN4O/c13-9-2-1-3-10(8(9)6-14)17-5-4-16-7-11(17)12(15)18/h1-3,11,16H,4-5,7H2,(H2,15,18). The molecule has 3 N–H and O–H groups in total. The molecular weight excluding hydrogens is 235 g/mol.